The first kappa shape index (κ1) is 9.77. The molecule has 0 aliphatic rings. The molecule has 0 fully saturated rings. The number of rotatable bonds is 2. The summed E-state index contributed by atoms with van der Waals surface area (Å²) in [5.74, 6) is 0. The number of aryl methyl sites for hydroxylation is 1. The number of nitroso groups, excluding NO2 is 1. The summed E-state index contributed by atoms with van der Waals surface area (Å²) in [6.45, 7) is 2.39. The number of halogens is 2. The van der Waals surface area contributed by atoms with E-state index in [1.165, 1.54) is 12.1 Å². The average molecular weight is 186 g/mol. The van der Waals surface area contributed by atoms with Crippen molar-refractivity contribution >= 4 is 5.69 Å². The third-order valence-electron chi connectivity index (χ3n) is 1.63. The van der Waals surface area contributed by atoms with Crippen LogP contribution in [0.5, 0.6) is 0 Å². The van der Waals surface area contributed by atoms with E-state index in [4.69, 9.17) is 0 Å². The van der Waals surface area contributed by atoms with Gasteiger partial charge in [-0.05, 0) is 6.92 Å². The third kappa shape index (κ3) is 2.31. The maximum absolute atomic E-state index is 12.5. The van der Waals surface area contributed by atoms with Gasteiger partial charge in [0.2, 0.25) is 0 Å². The Labute approximate surface area is 74.8 Å². The summed E-state index contributed by atoms with van der Waals surface area (Å²) in [5, 5.41) is 0. The third-order valence-corrected chi connectivity index (χ3v) is 1.63. The Hall–Kier alpha value is -1.32. The topological polar surface area (TPSA) is 20.1 Å². The lowest BCUT2D eigenvalue weighted by atomic mass is 10.2. The number of hydrogen-bond donors (Lipinski definition) is 0. The van der Waals surface area contributed by atoms with Crippen LogP contribution in [0.2, 0.25) is 0 Å². The normalized spacial score (nSPS) is 11.4. The fraction of sp³-hybridized carbons (Fsp3) is 0.333. The molecule has 0 N–H and O–H groups in total. The highest BCUT2D eigenvalue weighted by molar-refractivity contribution is 5.32. The van der Waals surface area contributed by atoms with Crippen LogP contribution in [0.25, 0.3) is 0 Å². The smallest absolute Gasteiger partial charge is 0.135 e. The Morgan fingerprint density at radius 2 is 1.69 bits per heavy atom. The van der Waals surface area contributed by atoms with Crippen LogP contribution in [0.4, 0.5) is 14.5 Å². The van der Waals surface area contributed by atoms with Crippen LogP contribution in [-0.2, 0) is 0 Å². The predicted molar refractivity (Wildman–Crippen MR) is 45.1 cm³/mol. The van der Waals surface area contributed by atoms with Crippen LogP contribution in [0.1, 0.15) is 12.5 Å². The van der Waals surface area contributed by atoms with E-state index in [-0.39, 0.29) is 10.4 Å². The Bertz CT molecular complexity index is 313. The van der Waals surface area contributed by atoms with Gasteiger partial charge in [-0.15, -0.1) is 8.78 Å². The molecule has 0 saturated carbocycles. The maximum atomic E-state index is 12.5. The van der Waals surface area contributed by atoms with Crippen molar-refractivity contribution in [3.8, 4) is 0 Å². The molecule has 1 rings (SSSR count). The second-order valence-corrected chi connectivity index (χ2v) is 2.97. The van der Waals surface area contributed by atoms with Gasteiger partial charge in [-0.1, -0.05) is 17.7 Å². The lowest BCUT2D eigenvalue weighted by Crippen LogP contribution is -2.23. The predicted octanol–water partition coefficient (Wildman–Crippen LogP) is 3.02. The molecule has 0 heterocycles. The van der Waals surface area contributed by atoms with E-state index in [0.29, 0.717) is 6.92 Å². The molecule has 1 aromatic carbocycles. The summed E-state index contributed by atoms with van der Waals surface area (Å²) in [6.07, 6.45) is 0. The van der Waals surface area contributed by atoms with E-state index in [1.807, 2.05) is 6.92 Å². The molecule has 0 radical (unpaired) electrons. The first-order valence-electron chi connectivity index (χ1n) is 3.83. The van der Waals surface area contributed by atoms with Crippen LogP contribution in [0, 0.1) is 11.8 Å². The van der Waals surface area contributed by atoms with Crippen molar-refractivity contribution in [1.82, 2.24) is 0 Å². The van der Waals surface area contributed by atoms with Crippen molar-refractivity contribution in [3.63, 3.8) is 0 Å². The van der Waals surface area contributed by atoms with Gasteiger partial charge in [-0.25, -0.2) is 0 Å². The number of hydrogen-bond acceptors (Lipinski definition) is 1. The molecule has 0 spiro atoms. The zero-order valence-electron chi connectivity index (χ0n) is 7.42. The number of nitrogens with zero attached hydrogens (tertiary/aromatic N) is 1. The molecular weight excluding hydrogens is 176 g/mol. The van der Waals surface area contributed by atoms with Crippen molar-refractivity contribution < 1.29 is 13.5 Å². The summed E-state index contributed by atoms with van der Waals surface area (Å²) in [6, 6.07) is 2.62. The zero-order valence-corrected chi connectivity index (χ0v) is 7.42. The Morgan fingerprint density at radius 1 is 1.23 bits per heavy atom. The van der Waals surface area contributed by atoms with Gasteiger partial charge in [0.15, 0.2) is 0 Å². The van der Waals surface area contributed by atoms with E-state index < -0.39 is 6.05 Å². The molecule has 0 amide bonds. The molecule has 2 nitrogen and oxygen atoms in total. The van der Waals surface area contributed by atoms with Crippen LogP contribution in [0.15, 0.2) is 24.3 Å². The molecule has 0 unspecified atom stereocenters. The minimum absolute atomic E-state index is 0.0295. The number of benzene rings is 1. The van der Waals surface area contributed by atoms with Gasteiger partial charge < -0.3 is 0 Å². The maximum Gasteiger partial charge on any atom is 0.503 e. The first-order valence-corrected chi connectivity index (χ1v) is 3.83. The van der Waals surface area contributed by atoms with Gasteiger partial charge in [-0.3, -0.25) is 0 Å². The first-order chi connectivity index (χ1) is 5.91. The van der Waals surface area contributed by atoms with Crippen LogP contribution >= 0.6 is 0 Å². The Morgan fingerprint density at radius 3 is 2.08 bits per heavy atom. The minimum Gasteiger partial charge on any atom is -0.135 e. The molecular formula is C9H10F2NO+. The van der Waals surface area contributed by atoms with Gasteiger partial charge in [0.1, 0.15) is 4.76 Å². The van der Waals surface area contributed by atoms with Gasteiger partial charge in [-0.2, -0.15) is 0 Å². The molecule has 0 aliphatic heterocycles. The second-order valence-electron chi connectivity index (χ2n) is 2.97. The lowest BCUT2D eigenvalue weighted by molar-refractivity contribution is -0.625. The summed E-state index contributed by atoms with van der Waals surface area (Å²) < 4.78 is 24.7. The van der Waals surface area contributed by atoms with Gasteiger partial charge in [0.05, 0.1) is 6.92 Å². The highest BCUT2D eigenvalue weighted by Crippen LogP contribution is 2.23. The molecule has 70 valence electrons. The zero-order chi connectivity index (χ0) is 10.1. The van der Waals surface area contributed by atoms with E-state index in [2.05, 4.69) is 0 Å². The quantitative estimate of drug-likeness (QED) is 0.513. The average Bonchev–Trinajstić information content (AvgIpc) is 2.03. The fourth-order valence-electron chi connectivity index (χ4n) is 0.907. The van der Waals surface area contributed by atoms with E-state index in [9.17, 15) is 13.7 Å². The second kappa shape index (κ2) is 3.20. The molecule has 0 saturated heterocycles. The fourth-order valence-corrected chi connectivity index (χ4v) is 0.907. The van der Waals surface area contributed by atoms with Crippen molar-refractivity contribution in [2.75, 3.05) is 0 Å². The summed E-state index contributed by atoms with van der Waals surface area (Å²) in [7, 11) is 0. The largest absolute Gasteiger partial charge is 0.503 e. The molecule has 13 heavy (non-hydrogen) atoms. The molecule has 1 aromatic rings. The van der Waals surface area contributed by atoms with Gasteiger partial charge >= 0.3 is 6.05 Å². The van der Waals surface area contributed by atoms with Crippen LogP contribution in [-0.4, -0.2) is 10.8 Å². The van der Waals surface area contributed by atoms with Crippen molar-refractivity contribution in [2.45, 2.75) is 19.9 Å². The van der Waals surface area contributed by atoms with Gasteiger partial charge in [0, 0.05) is 17.0 Å². The van der Waals surface area contributed by atoms with E-state index in [0.717, 1.165) is 5.56 Å². The standard InChI is InChI=1S/C9H10F2NO/c1-7-3-5-8(6-4-7)12(13)9(2,10)11/h3-6H,1-2H3/q+1. The van der Waals surface area contributed by atoms with Crippen LogP contribution < -0.4 is 0 Å². The van der Waals surface area contributed by atoms with E-state index in [1.54, 1.807) is 12.1 Å². The molecule has 0 aromatic heterocycles. The highest BCUT2D eigenvalue weighted by atomic mass is 19.3. The van der Waals surface area contributed by atoms with Crippen molar-refractivity contribution in [1.29, 1.82) is 0 Å². The van der Waals surface area contributed by atoms with Crippen molar-refractivity contribution in [2.24, 2.45) is 0 Å². The summed E-state index contributed by atoms with van der Waals surface area (Å²) in [5.41, 5.74) is 0.898. The van der Waals surface area contributed by atoms with Crippen molar-refractivity contribution in [3.05, 3.63) is 34.7 Å². The summed E-state index contributed by atoms with van der Waals surface area (Å²) >= 11 is 0. The monoisotopic (exact) mass is 186 g/mol. The highest BCUT2D eigenvalue weighted by Gasteiger charge is 2.42. The summed E-state index contributed by atoms with van der Waals surface area (Å²) in [4.78, 5) is 10.9. The van der Waals surface area contributed by atoms with Gasteiger partial charge in [0.25, 0.3) is 5.69 Å². The number of alkyl halides is 2. The Kier molecular flexibility index (Phi) is 2.40. The molecule has 0 atom stereocenters. The SMILES string of the molecule is Cc1ccc([N+](=O)C(C)(F)F)cc1. The Balaban J connectivity index is 2.97. The van der Waals surface area contributed by atoms with E-state index >= 15 is 0 Å². The minimum atomic E-state index is -3.37. The van der Waals surface area contributed by atoms with Crippen LogP contribution in [0.3, 0.4) is 0 Å². The molecule has 0 aliphatic carbocycles. The lowest BCUT2D eigenvalue weighted by Gasteiger charge is -1.99. The molecule has 4 heteroatoms. The molecule has 0 bridgehead atoms.